The Hall–Kier alpha value is -3.22. The molecule has 2 aromatic carbocycles. The minimum absolute atomic E-state index is 0.0753. The summed E-state index contributed by atoms with van der Waals surface area (Å²) in [6, 6.07) is 10.5. The molecule has 0 amide bonds. The number of fused-ring (bicyclic) bond motifs is 2. The number of esters is 1. The molecule has 4 rings (SSSR count). The highest BCUT2D eigenvalue weighted by atomic mass is 19.3. The summed E-state index contributed by atoms with van der Waals surface area (Å²) in [6.45, 7) is -3.12. The van der Waals surface area contributed by atoms with Crippen LogP contribution in [0.25, 0.3) is 11.0 Å². The van der Waals surface area contributed by atoms with Crippen LogP contribution in [0, 0.1) is 0 Å². The van der Waals surface area contributed by atoms with Crippen LogP contribution >= 0.6 is 0 Å². The van der Waals surface area contributed by atoms with Crippen molar-refractivity contribution in [1.29, 1.82) is 0 Å². The van der Waals surface area contributed by atoms with Gasteiger partial charge in [-0.1, -0.05) is 6.07 Å². The molecule has 3 aromatic rings. The standard InChI is InChI=1S/C21H16F2O5/c22-21(23)27-16-6-2-5-14(7-16)20(25)26-11-15-10-19(24)28-18-9-13-4-1-3-12(13)8-17(15)18/h2,5-10,21H,1,3-4,11H2. The van der Waals surface area contributed by atoms with Crippen molar-refractivity contribution in [3.05, 3.63) is 75.1 Å². The Labute approximate surface area is 158 Å². The van der Waals surface area contributed by atoms with Gasteiger partial charge in [-0.3, -0.25) is 0 Å². The number of hydrogen-bond donors (Lipinski definition) is 0. The highest BCUT2D eigenvalue weighted by Gasteiger charge is 2.17. The number of alkyl halides is 2. The van der Waals surface area contributed by atoms with Gasteiger partial charge in [0.05, 0.1) is 5.56 Å². The van der Waals surface area contributed by atoms with Crippen molar-refractivity contribution in [2.75, 3.05) is 0 Å². The molecule has 0 atom stereocenters. The van der Waals surface area contributed by atoms with Crippen LogP contribution in [0.3, 0.4) is 0 Å². The summed E-state index contributed by atoms with van der Waals surface area (Å²) in [6.07, 6.45) is 2.96. The molecule has 0 saturated heterocycles. The molecule has 0 spiro atoms. The summed E-state index contributed by atoms with van der Waals surface area (Å²) in [5, 5.41) is 0.725. The van der Waals surface area contributed by atoms with E-state index in [4.69, 9.17) is 9.15 Å². The van der Waals surface area contributed by atoms with Crippen molar-refractivity contribution in [1.82, 2.24) is 0 Å². The fourth-order valence-electron chi connectivity index (χ4n) is 3.44. The van der Waals surface area contributed by atoms with E-state index in [0.29, 0.717) is 11.1 Å². The molecule has 0 fully saturated rings. The number of benzene rings is 2. The van der Waals surface area contributed by atoms with E-state index in [9.17, 15) is 18.4 Å². The van der Waals surface area contributed by atoms with Gasteiger partial charge in [0.1, 0.15) is 17.9 Å². The Morgan fingerprint density at radius 1 is 1.11 bits per heavy atom. The first-order valence-corrected chi connectivity index (χ1v) is 8.80. The molecule has 0 aliphatic heterocycles. The number of carbonyl (C=O) groups excluding carboxylic acids is 1. The summed E-state index contributed by atoms with van der Waals surface area (Å²) < 4.78 is 39.5. The van der Waals surface area contributed by atoms with Crippen LogP contribution in [0.5, 0.6) is 5.75 Å². The van der Waals surface area contributed by atoms with Crippen LogP contribution < -0.4 is 10.4 Å². The van der Waals surface area contributed by atoms with Crippen molar-refractivity contribution in [3.63, 3.8) is 0 Å². The second kappa shape index (κ2) is 7.42. The van der Waals surface area contributed by atoms with Crippen molar-refractivity contribution in [2.45, 2.75) is 32.5 Å². The molecule has 0 bridgehead atoms. The lowest BCUT2D eigenvalue weighted by atomic mass is 10.0. The van der Waals surface area contributed by atoms with Crippen molar-refractivity contribution in [3.8, 4) is 5.75 Å². The highest BCUT2D eigenvalue weighted by molar-refractivity contribution is 5.90. The van der Waals surface area contributed by atoms with Crippen LogP contribution in [0.2, 0.25) is 0 Å². The molecule has 1 aliphatic rings. The summed E-state index contributed by atoms with van der Waals surface area (Å²) in [4.78, 5) is 24.2. The monoisotopic (exact) mass is 386 g/mol. The zero-order valence-electron chi connectivity index (χ0n) is 14.7. The van der Waals surface area contributed by atoms with Gasteiger partial charge in [0.15, 0.2) is 0 Å². The third-order valence-electron chi connectivity index (χ3n) is 4.70. The van der Waals surface area contributed by atoms with Gasteiger partial charge >= 0.3 is 18.2 Å². The molecule has 7 heteroatoms. The average Bonchev–Trinajstić information content (AvgIpc) is 3.11. The van der Waals surface area contributed by atoms with Gasteiger partial charge in [-0.25, -0.2) is 9.59 Å². The molecule has 28 heavy (non-hydrogen) atoms. The maximum atomic E-state index is 12.3. The second-order valence-electron chi connectivity index (χ2n) is 6.54. The van der Waals surface area contributed by atoms with Gasteiger partial charge < -0.3 is 13.9 Å². The molecule has 0 radical (unpaired) electrons. The van der Waals surface area contributed by atoms with Gasteiger partial charge in [0.2, 0.25) is 0 Å². The molecule has 1 aromatic heterocycles. The Morgan fingerprint density at radius 2 is 1.89 bits per heavy atom. The van der Waals surface area contributed by atoms with Crippen LogP contribution in [0.4, 0.5) is 8.78 Å². The minimum atomic E-state index is -2.98. The van der Waals surface area contributed by atoms with Gasteiger partial charge in [0.25, 0.3) is 0 Å². The fourth-order valence-corrected chi connectivity index (χ4v) is 3.44. The van der Waals surface area contributed by atoms with E-state index in [1.807, 2.05) is 12.1 Å². The number of halogens is 2. The van der Waals surface area contributed by atoms with Crippen molar-refractivity contribution < 1.29 is 27.5 Å². The summed E-state index contributed by atoms with van der Waals surface area (Å²) >= 11 is 0. The van der Waals surface area contributed by atoms with Crippen molar-refractivity contribution in [2.24, 2.45) is 0 Å². The average molecular weight is 386 g/mol. The van der Waals surface area contributed by atoms with Gasteiger partial charge in [-0.2, -0.15) is 8.78 Å². The lowest BCUT2D eigenvalue weighted by Gasteiger charge is -2.10. The van der Waals surface area contributed by atoms with Gasteiger partial charge in [0, 0.05) is 17.0 Å². The zero-order valence-corrected chi connectivity index (χ0v) is 14.7. The Morgan fingerprint density at radius 3 is 2.68 bits per heavy atom. The third-order valence-corrected chi connectivity index (χ3v) is 4.70. The summed E-state index contributed by atoms with van der Waals surface area (Å²) in [5.41, 5.74) is 2.92. The molecular weight excluding hydrogens is 370 g/mol. The zero-order chi connectivity index (χ0) is 19.7. The normalized spacial score (nSPS) is 13.0. The molecule has 1 aliphatic carbocycles. The molecular formula is C21H16F2O5. The first-order valence-electron chi connectivity index (χ1n) is 8.80. The maximum Gasteiger partial charge on any atom is 0.387 e. The Kier molecular flexibility index (Phi) is 4.81. The molecule has 0 saturated carbocycles. The second-order valence-corrected chi connectivity index (χ2v) is 6.54. The number of rotatable bonds is 5. The van der Waals surface area contributed by atoms with Crippen LogP contribution in [0.15, 0.2) is 51.7 Å². The number of aryl methyl sites for hydroxylation is 2. The van der Waals surface area contributed by atoms with Crippen molar-refractivity contribution >= 4 is 16.9 Å². The fraction of sp³-hybridized carbons (Fsp3) is 0.238. The van der Waals surface area contributed by atoms with E-state index in [1.165, 1.54) is 41.5 Å². The summed E-state index contributed by atoms with van der Waals surface area (Å²) in [5.74, 6) is -0.840. The largest absolute Gasteiger partial charge is 0.457 e. The van der Waals surface area contributed by atoms with E-state index in [2.05, 4.69) is 4.74 Å². The van der Waals surface area contributed by atoms with E-state index < -0.39 is 18.2 Å². The van der Waals surface area contributed by atoms with E-state index in [0.717, 1.165) is 24.6 Å². The predicted molar refractivity (Wildman–Crippen MR) is 96.7 cm³/mol. The molecule has 1 heterocycles. The number of ether oxygens (including phenoxy) is 2. The third kappa shape index (κ3) is 3.74. The van der Waals surface area contributed by atoms with Crippen LogP contribution in [-0.4, -0.2) is 12.6 Å². The predicted octanol–water partition coefficient (Wildman–Crippen LogP) is 4.24. The number of carbonyl (C=O) groups is 1. The van der Waals surface area contributed by atoms with E-state index >= 15 is 0 Å². The first-order chi connectivity index (χ1) is 13.5. The van der Waals surface area contributed by atoms with Gasteiger partial charge in [-0.15, -0.1) is 0 Å². The molecule has 0 N–H and O–H groups in total. The highest BCUT2D eigenvalue weighted by Crippen LogP contribution is 2.29. The first kappa shape index (κ1) is 18.2. The smallest absolute Gasteiger partial charge is 0.387 e. The topological polar surface area (TPSA) is 65.7 Å². The number of hydrogen-bond acceptors (Lipinski definition) is 5. The molecule has 0 unspecified atom stereocenters. The quantitative estimate of drug-likeness (QED) is 0.485. The summed E-state index contributed by atoms with van der Waals surface area (Å²) in [7, 11) is 0. The van der Waals surface area contributed by atoms with Crippen LogP contribution in [-0.2, 0) is 24.2 Å². The Balaban J connectivity index is 1.57. The minimum Gasteiger partial charge on any atom is -0.457 e. The van der Waals surface area contributed by atoms with Crippen LogP contribution in [0.1, 0.15) is 33.5 Å². The maximum absolute atomic E-state index is 12.3. The SMILES string of the molecule is O=C(OCc1cc(=O)oc2cc3c(cc12)CCC3)c1cccc(OC(F)F)c1. The lowest BCUT2D eigenvalue weighted by Crippen LogP contribution is -2.09. The lowest BCUT2D eigenvalue weighted by molar-refractivity contribution is -0.0499. The van der Waals surface area contributed by atoms with Gasteiger partial charge in [-0.05, 0) is 60.7 Å². The van der Waals surface area contributed by atoms with E-state index in [-0.39, 0.29) is 17.9 Å². The molecule has 144 valence electrons. The van der Waals surface area contributed by atoms with E-state index in [1.54, 1.807) is 0 Å². The molecule has 5 nitrogen and oxygen atoms in total. The Bertz CT molecular complexity index is 1100.